The van der Waals surface area contributed by atoms with Gasteiger partial charge in [0.25, 0.3) is 0 Å². The normalized spacial score (nSPS) is 28.8. The summed E-state index contributed by atoms with van der Waals surface area (Å²) in [4.78, 5) is 14.7. The number of carbonyl (C=O) groups is 1. The molecule has 1 aliphatic carbocycles. The van der Waals surface area contributed by atoms with Crippen molar-refractivity contribution in [1.82, 2.24) is 5.32 Å². The summed E-state index contributed by atoms with van der Waals surface area (Å²) in [5, 5.41) is 12.8. The Morgan fingerprint density at radius 3 is 2.65 bits per heavy atom. The number of carbonyl (C=O) groups excluding carboxylic acids is 1. The number of rotatable bonds is 3. The summed E-state index contributed by atoms with van der Waals surface area (Å²) in [6.07, 6.45) is 2.47. The lowest BCUT2D eigenvalue weighted by Crippen LogP contribution is -2.46. The maximum absolute atomic E-state index is 12.3. The van der Waals surface area contributed by atoms with Crippen LogP contribution in [0.4, 0.5) is 5.69 Å². The van der Waals surface area contributed by atoms with Gasteiger partial charge >= 0.3 is 0 Å². The van der Waals surface area contributed by atoms with Crippen molar-refractivity contribution in [3.63, 3.8) is 0 Å². The minimum absolute atomic E-state index is 0.0611. The number of nitrogens with two attached hydrogens (primary N) is 1. The fourth-order valence-corrected chi connectivity index (χ4v) is 3.69. The molecule has 1 saturated carbocycles. The molecule has 0 bridgehead atoms. The van der Waals surface area contributed by atoms with Crippen LogP contribution in [0.15, 0.2) is 24.3 Å². The molecule has 23 heavy (non-hydrogen) atoms. The minimum atomic E-state index is -0.533. The van der Waals surface area contributed by atoms with Crippen LogP contribution < -0.4 is 16.0 Å². The van der Waals surface area contributed by atoms with Crippen molar-refractivity contribution in [2.45, 2.75) is 50.8 Å². The van der Waals surface area contributed by atoms with E-state index in [2.05, 4.69) is 41.4 Å². The van der Waals surface area contributed by atoms with Gasteiger partial charge in [-0.05, 0) is 50.3 Å². The first-order valence-corrected chi connectivity index (χ1v) is 8.58. The van der Waals surface area contributed by atoms with E-state index in [0.29, 0.717) is 12.8 Å². The quantitative estimate of drug-likeness (QED) is 0.782. The standard InChI is InChI=1S/C18H27N3O2/c1-12-3-2-4-15(9-12)21-7-5-14(6-8-21)20-18(23)13-10-16(19)17(22)11-13/h2-4,9,13-14,16-17,22H,5-8,10-11,19H2,1H3,(H,20,23)/t13-,16-,17-/m0/s1. The Balaban J connectivity index is 1.49. The van der Waals surface area contributed by atoms with E-state index in [9.17, 15) is 9.90 Å². The zero-order valence-electron chi connectivity index (χ0n) is 13.7. The summed E-state index contributed by atoms with van der Waals surface area (Å²) < 4.78 is 0. The second-order valence-corrected chi connectivity index (χ2v) is 7.01. The van der Waals surface area contributed by atoms with Crippen LogP contribution in [0.25, 0.3) is 0 Å². The highest BCUT2D eigenvalue weighted by Gasteiger charge is 2.35. The van der Waals surface area contributed by atoms with Crippen LogP contribution in [0.5, 0.6) is 0 Å². The Labute approximate surface area is 137 Å². The molecule has 4 N–H and O–H groups in total. The molecule has 1 aromatic rings. The van der Waals surface area contributed by atoms with Crippen molar-refractivity contribution < 1.29 is 9.90 Å². The number of aryl methyl sites for hydroxylation is 1. The third kappa shape index (κ3) is 3.85. The predicted molar refractivity (Wildman–Crippen MR) is 91.3 cm³/mol. The minimum Gasteiger partial charge on any atom is -0.391 e. The Kier molecular flexibility index (Phi) is 4.87. The highest BCUT2D eigenvalue weighted by molar-refractivity contribution is 5.79. The maximum Gasteiger partial charge on any atom is 0.223 e. The fraction of sp³-hybridized carbons (Fsp3) is 0.611. The van der Waals surface area contributed by atoms with Gasteiger partial charge in [0.15, 0.2) is 0 Å². The lowest BCUT2D eigenvalue weighted by atomic mass is 10.0. The second-order valence-electron chi connectivity index (χ2n) is 7.01. The van der Waals surface area contributed by atoms with E-state index >= 15 is 0 Å². The van der Waals surface area contributed by atoms with Crippen molar-refractivity contribution in [2.24, 2.45) is 11.7 Å². The number of amides is 1. The summed E-state index contributed by atoms with van der Waals surface area (Å²) in [5.74, 6) is -0.0687. The predicted octanol–water partition coefficient (Wildman–Crippen LogP) is 1.18. The first-order valence-electron chi connectivity index (χ1n) is 8.58. The Morgan fingerprint density at radius 1 is 1.30 bits per heavy atom. The Bertz CT molecular complexity index is 545. The number of hydrogen-bond acceptors (Lipinski definition) is 4. The van der Waals surface area contributed by atoms with Crippen LogP contribution in [-0.4, -0.2) is 42.3 Å². The molecule has 0 radical (unpaired) electrons. The van der Waals surface area contributed by atoms with E-state index in [0.717, 1.165) is 25.9 Å². The smallest absolute Gasteiger partial charge is 0.223 e. The van der Waals surface area contributed by atoms with Gasteiger partial charge in [0.05, 0.1) is 6.10 Å². The number of piperidine rings is 1. The number of nitrogens with zero attached hydrogens (tertiary/aromatic N) is 1. The molecule has 126 valence electrons. The number of nitrogens with one attached hydrogen (secondary N) is 1. The topological polar surface area (TPSA) is 78.6 Å². The van der Waals surface area contributed by atoms with Crippen LogP contribution in [-0.2, 0) is 4.79 Å². The van der Waals surface area contributed by atoms with E-state index < -0.39 is 6.10 Å². The van der Waals surface area contributed by atoms with E-state index in [4.69, 9.17) is 5.73 Å². The first kappa shape index (κ1) is 16.3. The van der Waals surface area contributed by atoms with Crippen molar-refractivity contribution >= 4 is 11.6 Å². The molecular formula is C18H27N3O2. The number of aliphatic hydroxyl groups is 1. The third-order valence-corrected chi connectivity index (χ3v) is 5.16. The molecule has 5 heteroatoms. The summed E-state index contributed by atoms with van der Waals surface area (Å²) in [6.45, 7) is 4.03. The van der Waals surface area contributed by atoms with E-state index in [1.165, 1.54) is 11.3 Å². The molecule has 1 aliphatic heterocycles. The average Bonchev–Trinajstić information content (AvgIpc) is 2.88. The molecule has 3 rings (SSSR count). The summed E-state index contributed by atoms with van der Waals surface area (Å²) >= 11 is 0. The van der Waals surface area contributed by atoms with Gasteiger partial charge in [-0.1, -0.05) is 12.1 Å². The van der Waals surface area contributed by atoms with Crippen molar-refractivity contribution in [3.05, 3.63) is 29.8 Å². The largest absolute Gasteiger partial charge is 0.391 e. The van der Waals surface area contributed by atoms with Crippen LogP contribution in [0.3, 0.4) is 0 Å². The maximum atomic E-state index is 12.3. The number of hydrogen-bond donors (Lipinski definition) is 3. The van der Waals surface area contributed by atoms with Crippen molar-refractivity contribution in [3.8, 4) is 0 Å². The van der Waals surface area contributed by atoms with Gasteiger partial charge in [-0.2, -0.15) is 0 Å². The van der Waals surface area contributed by atoms with Crippen LogP contribution in [0.1, 0.15) is 31.2 Å². The van der Waals surface area contributed by atoms with E-state index in [1.807, 2.05) is 0 Å². The first-order chi connectivity index (χ1) is 11.0. The lowest BCUT2D eigenvalue weighted by molar-refractivity contribution is -0.125. The Hall–Kier alpha value is -1.59. The number of benzene rings is 1. The van der Waals surface area contributed by atoms with E-state index in [1.54, 1.807) is 0 Å². The molecule has 2 aliphatic rings. The zero-order chi connectivity index (χ0) is 16.4. The summed E-state index contributed by atoms with van der Waals surface area (Å²) in [7, 11) is 0. The van der Waals surface area contributed by atoms with Gasteiger partial charge in [-0.25, -0.2) is 0 Å². The number of aliphatic hydroxyl groups excluding tert-OH is 1. The fourth-order valence-electron chi connectivity index (χ4n) is 3.69. The second kappa shape index (κ2) is 6.89. The van der Waals surface area contributed by atoms with Crippen molar-refractivity contribution in [2.75, 3.05) is 18.0 Å². The van der Waals surface area contributed by atoms with Gasteiger partial charge in [-0.3, -0.25) is 4.79 Å². The summed E-state index contributed by atoms with van der Waals surface area (Å²) in [6, 6.07) is 8.53. The third-order valence-electron chi connectivity index (χ3n) is 5.16. The molecule has 1 amide bonds. The van der Waals surface area contributed by atoms with Gasteiger partial charge in [0, 0.05) is 36.8 Å². The molecule has 0 unspecified atom stereocenters. The molecule has 1 heterocycles. The van der Waals surface area contributed by atoms with Gasteiger partial charge in [-0.15, -0.1) is 0 Å². The lowest BCUT2D eigenvalue weighted by Gasteiger charge is -2.34. The SMILES string of the molecule is Cc1cccc(N2CCC(NC(=O)[C@H]3C[C@H](N)[C@@H](O)C3)CC2)c1. The highest BCUT2D eigenvalue weighted by atomic mass is 16.3. The molecule has 0 spiro atoms. The molecule has 1 aromatic carbocycles. The monoisotopic (exact) mass is 317 g/mol. The van der Waals surface area contributed by atoms with Crippen molar-refractivity contribution in [1.29, 1.82) is 0 Å². The molecule has 3 atom stereocenters. The molecule has 5 nitrogen and oxygen atoms in total. The molecule has 0 aromatic heterocycles. The highest BCUT2D eigenvalue weighted by Crippen LogP contribution is 2.26. The van der Waals surface area contributed by atoms with Crippen LogP contribution >= 0.6 is 0 Å². The van der Waals surface area contributed by atoms with Gasteiger partial charge in [0.1, 0.15) is 0 Å². The molecular weight excluding hydrogens is 290 g/mol. The zero-order valence-corrected chi connectivity index (χ0v) is 13.7. The Morgan fingerprint density at radius 2 is 2.04 bits per heavy atom. The average molecular weight is 317 g/mol. The molecule has 2 fully saturated rings. The molecule has 1 saturated heterocycles. The van der Waals surface area contributed by atoms with Crippen LogP contribution in [0, 0.1) is 12.8 Å². The number of anilines is 1. The van der Waals surface area contributed by atoms with Gasteiger partial charge < -0.3 is 21.1 Å². The summed E-state index contributed by atoms with van der Waals surface area (Å²) in [5.41, 5.74) is 8.33. The van der Waals surface area contributed by atoms with Crippen LogP contribution in [0.2, 0.25) is 0 Å². The van der Waals surface area contributed by atoms with E-state index in [-0.39, 0.29) is 23.9 Å². The van der Waals surface area contributed by atoms with Gasteiger partial charge in [0.2, 0.25) is 5.91 Å².